The third kappa shape index (κ3) is 4.27. The number of para-hydroxylation sites is 1. The Labute approximate surface area is 160 Å². The number of anilines is 1. The number of nitriles is 1. The minimum atomic E-state index is -0.650. The topological polar surface area (TPSA) is 94.8 Å². The van der Waals surface area contributed by atoms with Crippen molar-refractivity contribution in [2.45, 2.75) is 11.7 Å². The van der Waals surface area contributed by atoms with E-state index >= 15 is 0 Å². The fourth-order valence-corrected chi connectivity index (χ4v) is 3.55. The van der Waals surface area contributed by atoms with Crippen LogP contribution in [0.25, 0.3) is 0 Å². The predicted molar refractivity (Wildman–Crippen MR) is 104 cm³/mol. The molecule has 3 rings (SSSR count). The third-order valence-corrected chi connectivity index (χ3v) is 4.91. The molecule has 2 aromatic carbocycles. The van der Waals surface area contributed by atoms with E-state index in [1.54, 1.807) is 43.5 Å². The molecule has 1 aliphatic heterocycles. The molecule has 27 heavy (non-hydrogen) atoms. The van der Waals surface area contributed by atoms with Crippen LogP contribution in [0.5, 0.6) is 5.75 Å². The van der Waals surface area contributed by atoms with Crippen LogP contribution in [-0.4, -0.2) is 29.3 Å². The van der Waals surface area contributed by atoms with Crippen molar-refractivity contribution in [1.29, 1.82) is 5.26 Å². The number of rotatable bonds is 4. The first-order valence-corrected chi connectivity index (χ1v) is 8.96. The minimum absolute atomic E-state index is 0.0381. The Balaban J connectivity index is 1.78. The van der Waals surface area contributed by atoms with E-state index in [4.69, 9.17) is 10.00 Å². The molecule has 1 heterocycles. The van der Waals surface area contributed by atoms with E-state index in [1.165, 1.54) is 0 Å². The van der Waals surface area contributed by atoms with Crippen molar-refractivity contribution in [2.75, 3.05) is 12.0 Å². The lowest BCUT2D eigenvalue weighted by molar-refractivity contribution is -0.121. The molecule has 0 aromatic heterocycles. The third-order valence-electron chi connectivity index (χ3n) is 3.84. The summed E-state index contributed by atoms with van der Waals surface area (Å²) in [5, 5.41) is 11.1. The van der Waals surface area contributed by atoms with Crippen molar-refractivity contribution >= 4 is 40.1 Å². The van der Waals surface area contributed by atoms with Gasteiger partial charge in [-0.25, -0.2) is 9.89 Å². The number of hydrogen-bond donors (Lipinski definition) is 1. The molecule has 8 heteroatoms. The Morgan fingerprint density at radius 2 is 1.93 bits per heavy atom. The lowest BCUT2D eigenvalue weighted by Crippen LogP contribution is -2.32. The van der Waals surface area contributed by atoms with E-state index in [2.05, 4.69) is 10.3 Å². The van der Waals surface area contributed by atoms with Gasteiger partial charge in [0.25, 0.3) is 0 Å². The molecule has 1 N–H and O–H groups in total. The van der Waals surface area contributed by atoms with Crippen molar-refractivity contribution in [1.82, 2.24) is 5.32 Å². The van der Waals surface area contributed by atoms with Crippen LogP contribution in [0.1, 0.15) is 6.42 Å². The van der Waals surface area contributed by atoms with Crippen LogP contribution in [0, 0.1) is 11.5 Å². The number of amides is 2. The predicted octanol–water partition coefficient (Wildman–Crippen LogP) is 2.82. The minimum Gasteiger partial charge on any atom is -0.497 e. The second-order valence-electron chi connectivity index (χ2n) is 5.57. The zero-order valence-electron chi connectivity index (χ0n) is 14.5. The Kier molecular flexibility index (Phi) is 5.74. The molecule has 0 aliphatic carbocycles. The standard InChI is InChI=1S/C19H16N4O3S/c1-26-15-9-7-14(8-10-15)23-17(24)11-16(18(23)25)27-19(21-12-20)22-13-5-3-2-4-6-13/h2-10,16H,11H2,1H3,(H,21,22)/t16-/m1/s1. The van der Waals surface area contributed by atoms with Crippen molar-refractivity contribution in [2.24, 2.45) is 4.99 Å². The van der Waals surface area contributed by atoms with Gasteiger partial charge in [-0.1, -0.05) is 30.0 Å². The maximum atomic E-state index is 12.8. The monoisotopic (exact) mass is 380 g/mol. The zero-order valence-corrected chi connectivity index (χ0v) is 15.3. The van der Waals surface area contributed by atoms with E-state index < -0.39 is 5.25 Å². The summed E-state index contributed by atoms with van der Waals surface area (Å²) < 4.78 is 5.10. The molecule has 2 aromatic rings. The highest BCUT2D eigenvalue weighted by atomic mass is 32.2. The van der Waals surface area contributed by atoms with Crippen molar-refractivity contribution in [3.05, 3.63) is 54.6 Å². The summed E-state index contributed by atoms with van der Waals surface area (Å²) >= 11 is 1.07. The zero-order chi connectivity index (χ0) is 19.2. The largest absolute Gasteiger partial charge is 0.497 e. The smallest absolute Gasteiger partial charge is 0.247 e. The molecule has 1 fully saturated rings. The molecule has 0 radical (unpaired) electrons. The fourth-order valence-electron chi connectivity index (χ4n) is 2.58. The number of methoxy groups -OCH3 is 1. The van der Waals surface area contributed by atoms with Gasteiger partial charge in [0.1, 0.15) is 11.0 Å². The van der Waals surface area contributed by atoms with Crippen LogP contribution in [0.2, 0.25) is 0 Å². The number of imide groups is 1. The van der Waals surface area contributed by atoms with Crippen LogP contribution in [0.4, 0.5) is 11.4 Å². The van der Waals surface area contributed by atoms with Crippen LogP contribution < -0.4 is 15.0 Å². The number of carbonyl (C=O) groups excluding carboxylic acids is 2. The molecule has 7 nitrogen and oxygen atoms in total. The van der Waals surface area contributed by atoms with Crippen LogP contribution in [0.3, 0.4) is 0 Å². The molecule has 0 unspecified atom stereocenters. The molecule has 1 aliphatic rings. The number of thioether (sulfide) groups is 1. The average molecular weight is 380 g/mol. The first kappa shape index (κ1) is 18.5. The highest BCUT2D eigenvalue weighted by Crippen LogP contribution is 2.31. The van der Waals surface area contributed by atoms with Crippen molar-refractivity contribution < 1.29 is 14.3 Å². The quantitative estimate of drug-likeness (QED) is 0.288. The number of hydrogen-bond acceptors (Lipinski definition) is 6. The van der Waals surface area contributed by atoms with Crippen LogP contribution in [-0.2, 0) is 9.59 Å². The van der Waals surface area contributed by atoms with Crippen molar-refractivity contribution in [3.63, 3.8) is 0 Å². The summed E-state index contributed by atoms with van der Waals surface area (Å²) in [5.41, 5.74) is 1.13. The van der Waals surface area contributed by atoms with Gasteiger partial charge >= 0.3 is 0 Å². The van der Waals surface area contributed by atoms with Gasteiger partial charge in [0, 0.05) is 6.42 Å². The van der Waals surface area contributed by atoms with Gasteiger partial charge in [-0.2, -0.15) is 5.26 Å². The number of benzene rings is 2. The Hall–Kier alpha value is -3.31. The number of nitrogens with one attached hydrogen (secondary N) is 1. The molecule has 0 bridgehead atoms. The normalized spacial score (nSPS) is 17.0. The molecule has 1 saturated heterocycles. The second-order valence-corrected chi connectivity index (χ2v) is 6.76. The van der Waals surface area contributed by atoms with Gasteiger partial charge in [-0.15, -0.1) is 0 Å². The van der Waals surface area contributed by atoms with Gasteiger partial charge in [-0.3, -0.25) is 14.9 Å². The number of ether oxygens (including phenoxy) is 1. The summed E-state index contributed by atoms with van der Waals surface area (Å²) in [5.74, 6) is 0.00799. The fraction of sp³-hybridized carbons (Fsp3) is 0.158. The van der Waals surface area contributed by atoms with E-state index in [1.807, 2.05) is 24.4 Å². The van der Waals surface area contributed by atoms with Gasteiger partial charge in [0.15, 0.2) is 11.4 Å². The molecular weight excluding hydrogens is 364 g/mol. The average Bonchev–Trinajstić information content (AvgIpc) is 2.96. The summed E-state index contributed by atoms with van der Waals surface area (Å²) in [6, 6.07) is 15.8. The Morgan fingerprint density at radius 1 is 1.22 bits per heavy atom. The summed E-state index contributed by atoms with van der Waals surface area (Å²) in [4.78, 5) is 30.6. The molecule has 2 amide bonds. The van der Waals surface area contributed by atoms with Crippen LogP contribution in [0.15, 0.2) is 59.6 Å². The molecule has 0 saturated carbocycles. The maximum Gasteiger partial charge on any atom is 0.247 e. The van der Waals surface area contributed by atoms with E-state index in [9.17, 15) is 9.59 Å². The highest BCUT2D eigenvalue weighted by molar-refractivity contribution is 8.15. The van der Waals surface area contributed by atoms with E-state index in [0.29, 0.717) is 17.1 Å². The number of nitrogens with zero attached hydrogens (tertiary/aromatic N) is 3. The molecule has 0 spiro atoms. The maximum absolute atomic E-state index is 12.8. The lowest BCUT2D eigenvalue weighted by atomic mass is 10.3. The molecule has 136 valence electrons. The van der Waals surface area contributed by atoms with E-state index in [0.717, 1.165) is 16.7 Å². The van der Waals surface area contributed by atoms with Crippen LogP contribution >= 0.6 is 11.8 Å². The summed E-state index contributed by atoms with van der Waals surface area (Å²) in [6.45, 7) is 0. The molecular formula is C19H16N4O3S. The summed E-state index contributed by atoms with van der Waals surface area (Å²) in [6.07, 6.45) is 1.86. The Morgan fingerprint density at radius 3 is 2.56 bits per heavy atom. The first-order chi connectivity index (χ1) is 13.1. The summed E-state index contributed by atoms with van der Waals surface area (Å²) in [7, 11) is 1.55. The lowest BCUT2D eigenvalue weighted by Gasteiger charge is -2.15. The van der Waals surface area contributed by atoms with Gasteiger partial charge < -0.3 is 4.74 Å². The SMILES string of the molecule is COc1ccc(N2C(=O)C[C@@H](SC(=Nc3ccccc3)NC#N)C2=O)cc1. The number of aliphatic imine (C=N–C) groups is 1. The second kappa shape index (κ2) is 8.38. The van der Waals surface area contributed by atoms with Gasteiger partial charge in [0.05, 0.1) is 18.5 Å². The van der Waals surface area contributed by atoms with E-state index in [-0.39, 0.29) is 23.4 Å². The van der Waals surface area contributed by atoms with Crippen molar-refractivity contribution in [3.8, 4) is 11.9 Å². The number of carbonyl (C=O) groups is 2. The number of amidine groups is 1. The molecule has 1 atom stereocenters. The highest BCUT2D eigenvalue weighted by Gasteiger charge is 2.40. The first-order valence-electron chi connectivity index (χ1n) is 8.08. The van der Waals surface area contributed by atoms with Gasteiger partial charge in [0.2, 0.25) is 11.8 Å². The van der Waals surface area contributed by atoms with Gasteiger partial charge in [-0.05, 0) is 36.4 Å². The Bertz CT molecular complexity index is 907.